The number of nitrogens with one attached hydrogen (secondary N) is 3. The second-order valence-electron chi connectivity index (χ2n) is 7.03. The highest BCUT2D eigenvalue weighted by atomic mass is 32.2. The van der Waals surface area contributed by atoms with Crippen LogP contribution in [0.15, 0.2) is 23.4 Å². The molecule has 2 saturated carbocycles. The summed E-state index contributed by atoms with van der Waals surface area (Å²) in [4.78, 5) is 4.12. The summed E-state index contributed by atoms with van der Waals surface area (Å²) in [6, 6.07) is 2.13. The maximum Gasteiger partial charge on any atom is 0.267 e. The number of aromatic nitrogens is 1. The molecule has 0 saturated heterocycles. The largest absolute Gasteiger partial charge is 0.381 e. The fourth-order valence-corrected chi connectivity index (χ4v) is 5.40. The summed E-state index contributed by atoms with van der Waals surface area (Å²) in [7, 11) is -3.77. The van der Waals surface area contributed by atoms with Gasteiger partial charge in [0.05, 0.1) is 5.69 Å². The van der Waals surface area contributed by atoms with Crippen LogP contribution in [0.1, 0.15) is 39.5 Å². The van der Waals surface area contributed by atoms with Crippen LogP contribution in [0.2, 0.25) is 0 Å². The number of fused-ring (bicyclic) bond motifs is 2. The monoisotopic (exact) mass is 368 g/mol. The maximum atomic E-state index is 12.7. The maximum absolute atomic E-state index is 12.7. The summed E-state index contributed by atoms with van der Waals surface area (Å²) in [5.41, 5.74) is 0.599. The lowest BCUT2D eigenvalue weighted by atomic mass is 9.95. The SMILES string of the molecule is CC(C)NC(=S)NS(=O)(=O)c1cnccc1NC1CC2CCC1C2. The average Bonchev–Trinajstić information content (AvgIpc) is 3.08. The van der Waals surface area contributed by atoms with Crippen LogP contribution in [0.4, 0.5) is 5.69 Å². The van der Waals surface area contributed by atoms with Crippen LogP contribution >= 0.6 is 12.2 Å². The van der Waals surface area contributed by atoms with E-state index in [4.69, 9.17) is 12.2 Å². The molecule has 2 aliphatic rings. The summed E-state index contributed by atoms with van der Waals surface area (Å²) < 4.78 is 27.7. The molecule has 3 atom stereocenters. The number of thiocarbonyl (C=S) groups is 1. The predicted molar refractivity (Wildman–Crippen MR) is 98.3 cm³/mol. The highest BCUT2D eigenvalue weighted by Crippen LogP contribution is 2.45. The molecule has 8 heteroatoms. The van der Waals surface area contributed by atoms with Gasteiger partial charge in [0, 0.05) is 24.5 Å². The molecule has 1 heterocycles. The number of hydrogen-bond donors (Lipinski definition) is 3. The van der Waals surface area contributed by atoms with E-state index in [-0.39, 0.29) is 16.0 Å². The van der Waals surface area contributed by atoms with Crippen molar-refractivity contribution >= 4 is 33.0 Å². The molecular weight excluding hydrogens is 344 g/mol. The van der Waals surface area contributed by atoms with Gasteiger partial charge in [-0.2, -0.15) is 0 Å². The minimum absolute atomic E-state index is 0.0562. The van der Waals surface area contributed by atoms with E-state index in [0.717, 1.165) is 12.3 Å². The van der Waals surface area contributed by atoms with E-state index in [2.05, 4.69) is 20.3 Å². The molecule has 24 heavy (non-hydrogen) atoms. The van der Waals surface area contributed by atoms with E-state index >= 15 is 0 Å². The third kappa shape index (κ3) is 3.80. The van der Waals surface area contributed by atoms with E-state index < -0.39 is 10.0 Å². The van der Waals surface area contributed by atoms with Crippen molar-refractivity contribution in [2.24, 2.45) is 11.8 Å². The summed E-state index contributed by atoms with van der Waals surface area (Å²) in [6.07, 6.45) is 7.89. The second kappa shape index (κ2) is 6.84. The topological polar surface area (TPSA) is 83.1 Å². The molecule has 3 unspecified atom stereocenters. The van der Waals surface area contributed by atoms with Crippen LogP contribution in [-0.2, 0) is 10.0 Å². The van der Waals surface area contributed by atoms with E-state index in [1.165, 1.54) is 25.5 Å². The molecule has 2 fully saturated rings. The number of hydrogen-bond acceptors (Lipinski definition) is 5. The van der Waals surface area contributed by atoms with Gasteiger partial charge in [-0.1, -0.05) is 6.42 Å². The Hall–Kier alpha value is -1.41. The molecule has 0 radical (unpaired) electrons. The van der Waals surface area contributed by atoms with Crippen LogP contribution in [0, 0.1) is 11.8 Å². The van der Waals surface area contributed by atoms with Crippen LogP contribution in [0.5, 0.6) is 0 Å². The molecule has 1 aromatic heterocycles. The van der Waals surface area contributed by atoms with Gasteiger partial charge in [-0.3, -0.25) is 9.71 Å². The summed E-state index contributed by atoms with van der Waals surface area (Å²) >= 11 is 5.07. The van der Waals surface area contributed by atoms with Gasteiger partial charge in [-0.05, 0) is 63.2 Å². The van der Waals surface area contributed by atoms with Crippen LogP contribution in [0.25, 0.3) is 0 Å². The van der Waals surface area contributed by atoms with Gasteiger partial charge in [0.1, 0.15) is 4.90 Å². The third-order valence-corrected chi connectivity index (χ3v) is 6.53. The first kappa shape index (κ1) is 17.4. The van der Waals surface area contributed by atoms with Crippen molar-refractivity contribution in [3.05, 3.63) is 18.5 Å². The van der Waals surface area contributed by atoms with Crippen molar-refractivity contribution in [2.45, 2.75) is 56.5 Å². The summed E-state index contributed by atoms with van der Waals surface area (Å²) in [5, 5.41) is 6.42. The Morgan fingerprint density at radius 1 is 1.33 bits per heavy atom. The molecule has 3 rings (SSSR count). The van der Waals surface area contributed by atoms with Gasteiger partial charge in [-0.15, -0.1) is 0 Å². The molecule has 132 valence electrons. The van der Waals surface area contributed by atoms with Crippen molar-refractivity contribution in [1.82, 2.24) is 15.0 Å². The van der Waals surface area contributed by atoms with Gasteiger partial charge in [0.15, 0.2) is 5.11 Å². The molecule has 3 N–H and O–H groups in total. The average molecular weight is 369 g/mol. The van der Waals surface area contributed by atoms with Crippen LogP contribution < -0.4 is 15.4 Å². The number of nitrogens with zero attached hydrogens (tertiary/aromatic N) is 1. The van der Waals surface area contributed by atoms with Gasteiger partial charge >= 0.3 is 0 Å². The molecule has 2 bridgehead atoms. The molecule has 6 nitrogen and oxygen atoms in total. The molecule has 2 aliphatic carbocycles. The van der Waals surface area contributed by atoms with E-state index in [0.29, 0.717) is 17.6 Å². The standard InChI is InChI=1S/C16H24N4O2S2/c1-10(2)18-16(23)20-24(21,22)15-9-17-6-5-13(15)19-14-8-11-3-4-12(14)7-11/h5-6,9-12,14H,3-4,7-8H2,1-2H3,(H,17,19)(H2,18,20,23). The Balaban J connectivity index is 1.77. The number of rotatable bonds is 5. The minimum atomic E-state index is -3.77. The molecule has 0 aromatic carbocycles. The Kier molecular flexibility index (Phi) is 4.96. The Labute approximate surface area is 148 Å². The Morgan fingerprint density at radius 2 is 2.12 bits per heavy atom. The zero-order valence-corrected chi connectivity index (χ0v) is 15.6. The second-order valence-corrected chi connectivity index (χ2v) is 9.09. The van der Waals surface area contributed by atoms with Gasteiger partial charge < -0.3 is 10.6 Å². The zero-order chi connectivity index (χ0) is 17.3. The smallest absolute Gasteiger partial charge is 0.267 e. The van der Waals surface area contributed by atoms with Gasteiger partial charge in [-0.25, -0.2) is 8.42 Å². The summed E-state index contributed by atoms with van der Waals surface area (Å²) in [5.74, 6) is 1.44. The van der Waals surface area contributed by atoms with E-state index in [9.17, 15) is 8.42 Å². The number of sulfonamides is 1. The van der Waals surface area contributed by atoms with E-state index in [1.54, 1.807) is 12.3 Å². The van der Waals surface area contributed by atoms with Crippen LogP contribution in [0.3, 0.4) is 0 Å². The van der Waals surface area contributed by atoms with Crippen molar-refractivity contribution in [3.63, 3.8) is 0 Å². The quantitative estimate of drug-likeness (QED) is 0.692. The molecule has 0 aliphatic heterocycles. The molecule has 0 amide bonds. The predicted octanol–water partition coefficient (Wildman–Crippen LogP) is 2.24. The number of anilines is 1. The van der Waals surface area contributed by atoms with Crippen molar-refractivity contribution in [1.29, 1.82) is 0 Å². The first-order chi connectivity index (χ1) is 11.3. The normalized spacial score (nSPS) is 25.7. The van der Waals surface area contributed by atoms with Crippen molar-refractivity contribution < 1.29 is 8.42 Å². The fraction of sp³-hybridized carbons (Fsp3) is 0.625. The van der Waals surface area contributed by atoms with E-state index in [1.807, 2.05) is 13.8 Å². The first-order valence-corrected chi connectivity index (χ1v) is 10.3. The fourth-order valence-electron chi connectivity index (χ4n) is 3.80. The highest BCUT2D eigenvalue weighted by Gasteiger charge is 2.39. The minimum Gasteiger partial charge on any atom is -0.381 e. The lowest BCUT2D eigenvalue weighted by molar-refractivity contribution is 0.439. The Morgan fingerprint density at radius 3 is 2.75 bits per heavy atom. The van der Waals surface area contributed by atoms with Gasteiger partial charge in [0.25, 0.3) is 10.0 Å². The zero-order valence-electron chi connectivity index (χ0n) is 14.0. The first-order valence-electron chi connectivity index (χ1n) is 8.39. The summed E-state index contributed by atoms with van der Waals surface area (Å²) in [6.45, 7) is 3.79. The molecule has 0 spiro atoms. The highest BCUT2D eigenvalue weighted by molar-refractivity contribution is 7.92. The molecule has 1 aromatic rings. The number of pyridine rings is 1. The third-order valence-electron chi connectivity index (χ3n) is 4.80. The lowest BCUT2D eigenvalue weighted by Crippen LogP contribution is -2.42. The lowest BCUT2D eigenvalue weighted by Gasteiger charge is -2.25. The Bertz CT molecular complexity index is 721. The van der Waals surface area contributed by atoms with Crippen LogP contribution in [-0.4, -0.2) is 30.6 Å². The van der Waals surface area contributed by atoms with Crippen molar-refractivity contribution in [2.75, 3.05) is 5.32 Å². The van der Waals surface area contributed by atoms with Crippen molar-refractivity contribution in [3.8, 4) is 0 Å². The molecular formula is C16H24N4O2S2. The van der Waals surface area contributed by atoms with Gasteiger partial charge in [0.2, 0.25) is 0 Å².